The third-order valence-corrected chi connectivity index (χ3v) is 4.04. The molecule has 0 atom stereocenters. The summed E-state index contributed by atoms with van der Waals surface area (Å²) >= 11 is 1.14. The number of amides is 1. The van der Waals surface area contributed by atoms with Crippen LogP contribution in [0.15, 0.2) is 5.03 Å². The van der Waals surface area contributed by atoms with Gasteiger partial charge in [0, 0.05) is 13.1 Å². The predicted octanol–water partition coefficient (Wildman–Crippen LogP) is 0.743. The number of hydrogen-bond acceptors (Lipinski definition) is 6. The van der Waals surface area contributed by atoms with Crippen LogP contribution < -0.4 is 0 Å². The van der Waals surface area contributed by atoms with Gasteiger partial charge in [-0.2, -0.15) is 0 Å². The van der Waals surface area contributed by atoms with Crippen molar-refractivity contribution < 1.29 is 19.4 Å². The molecule has 0 spiro atoms. The SMILES string of the molecule is Cc1nc(C)c(C(=O)O)c(SCC(=O)N2CCOCC2)n1. The quantitative estimate of drug-likeness (QED) is 0.647. The first-order valence-electron chi connectivity index (χ1n) is 6.56. The summed E-state index contributed by atoms with van der Waals surface area (Å²) in [4.78, 5) is 33.3. The minimum absolute atomic E-state index is 0.0337. The van der Waals surface area contributed by atoms with E-state index >= 15 is 0 Å². The summed E-state index contributed by atoms with van der Waals surface area (Å²) in [5, 5.41) is 9.59. The topological polar surface area (TPSA) is 92.6 Å². The van der Waals surface area contributed by atoms with E-state index < -0.39 is 5.97 Å². The van der Waals surface area contributed by atoms with Gasteiger partial charge in [0.1, 0.15) is 16.4 Å². The van der Waals surface area contributed by atoms with Crippen LogP contribution in [0.4, 0.5) is 0 Å². The van der Waals surface area contributed by atoms with E-state index in [0.717, 1.165) is 11.8 Å². The standard InChI is InChI=1S/C13H17N3O4S/c1-8-11(13(18)19)12(15-9(2)14-8)21-7-10(17)16-3-5-20-6-4-16/h3-7H2,1-2H3,(H,18,19). The highest BCUT2D eigenvalue weighted by molar-refractivity contribution is 8.00. The molecule has 0 unspecified atom stereocenters. The molecular formula is C13H17N3O4S. The van der Waals surface area contributed by atoms with Gasteiger partial charge >= 0.3 is 5.97 Å². The van der Waals surface area contributed by atoms with Crippen molar-refractivity contribution in [3.05, 3.63) is 17.1 Å². The first-order valence-corrected chi connectivity index (χ1v) is 7.54. The number of rotatable bonds is 4. The summed E-state index contributed by atoms with van der Waals surface area (Å²) in [6.07, 6.45) is 0. The van der Waals surface area contributed by atoms with Gasteiger partial charge in [0.2, 0.25) is 5.91 Å². The molecule has 1 N–H and O–H groups in total. The van der Waals surface area contributed by atoms with Crippen molar-refractivity contribution in [1.82, 2.24) is 14.9 Å². The Labute approximate surface area is 126 Å². The van der Waals surface area contributed by atoms with Gasteiger partial charge in [0.15, 0.2) is 0 Å². The molecular weight excluding hydrogens is 294 g/mol. The number of nitrogens with zero attached hydrogens (tertiary/aromatic N) is 3. The molecule has 0 aromatic carbocycles. The number of carboxylic acid groups (broad SMARTS) is 1. The number of ether oxygens (including phenoxy) is 1. The number of aryl methyl sites for hydroxylation is 2. The number of carbonyl (C=O) groups is 2. The average molecular weight is 311 g/mol. The van der Waals surface area contributed by atoms with E-state index in [2.05, 4.69) is 9.97 Å². The summed E-state index contributed by atoms with van der Waals surface area (Å²) in [5.74, 6) is -0.447. The molecule has 8 heteroatoms. The van der Waals surface area contributed by atoms with E-state index in [-0.39, 0.29) is 17.2 Å². The Morgan fingerprint density at radius 3 is 2.57 bits per heavy atom. The highest BCUT2D eigenvalue weighted by atomic mass is 32.2. The average Bonchev–Trinajstić information content (AvgIpc) is 2.44. The maximum absolute atomic E-state index is 12.1. The van der Waals surface area contributed by atoms with Crippen LogP contribution >= 0.6 is 11.8 Å². The summed E-state index contributed by atoms with van der Waals surface area (Å²) < 4.78 is 5.20. The third-order valence-electron chi connectivity index (χ3n) is 3.08. The number of carboxylic acids is 1. The van der Waals surface area contributed by atoms with E-state index in [1.807, 2.05) is 0 Å². The zero-order chi connectivity index (χ0) is 15.4. The fraction of sp³-hybridized carbons (Fsp3) is 0.538. The first kappa shape index (κ1) is 15.7. The first-order chi connectivity index (χ1) is 9.99. The lowest BCUT2D eigenvalue weighted by atomic mass is 10.2. The Morgan fingerprint density at radius 1 is 1.29 bits per heavy atom. The van der Waals surface area contributed by atoms with Gasteiger partial charge in [-0.05, 0) is 13.8 Å². The van der Waals surface area contributed by atoms with Crippen LogP contribution in [-0.4, -0.2) is 63.9 Å². The van der Waals surface area contributed by atoms with Crippen LogP contribution in [0.5, 0.6) is 0 Å². The van der Waals surface area contributed by atoms with Crippen molar-refractivity contribution >= 4 is 23.6 Å². The smallest absolute Gasteiger partial charge is 0.340 e. The van der Waals surface area contributed by atoms with Crippen LogP contribution in [0.1, 0.15) is 21.9 Å². The zero-order valence-electron chi connectivity index (χ0n) is 12.0. The van der Waals surface area contributed by atoms with Crippen LogP contribution in [0.2, 0.25) is 0 Å². The van der Waals surface area contributed by atoms with Crippen molar-refractivity contribution in [2.24, 2.45) is 0 Å². The lowest BCUT2D eigenvalue weighted by Gasteiger charge is -2.26. The monoisotopic (exact) mass is 311 g/mol. The van der Waals surface area contributed by atoms with Crippen molar-refractivity contribution in [1.29, 1.82) is 0 Å². The molecule has 0 bridgehead atoms. The molecule has 1 aliphatic heterocycles. The van der Waals surface area contributed by atoms with Crippen molar-refractivity contribution in [2.75, 3.05) is 32.1 Å². The third kappa shape index (κ3) is 3.92. The number of carbonyl (C=O) groups excluding carboxylic acids is 1. The van der Waals surface area contributed by atoms with E-state index in [0.29, 0.717) is 42.8 Å². The number of aromatic nitrogens is 2. The molecule has 1 aliphatic rings. The fourth-order valence-corrected chi connectivity index (χ4v) is 3.08. The van der Waals surface area contributed by atoms with E-state index in [1.54, 1.807) is 18.7 Å². The van der Waals surface area contributed by atoms with Crippen LogP contribution in [-0.2, 0) is 9.53 Å². The maximum atomic E-state index is 12.1. The molecule has 2 rings (SSSR count). The molecule has 0 saturated carbocycles. The summed E-state index contributed by atoms with van der Waals surface area (Å²) in [6.45, 7) is 5.57. The van der Waals surface area contributed by atoms with E-state index in [4.69, 9.17) is 4.74 Å². The normalized spacial score (nSPS) is 15.0. The Balaban J connectivity index is 2.08. The summed E-state index contributed by atoms with van der Waals surface area (Å²) in [6, 6.07) is 0. The Hall–Kier alpha value is -1.67. The molecule has 1 aromatic rings. The molecule has 21 heavy (non-hydrogen) atoms. The van der Waals surface area contributed by atoms with Crippen LogP contribution in [0, 0.1) is 13.8 Å². The number of hydrogen-bond donors (Lipinski definition) is 1. The van der Waals surface area contributed by atoms with Gasteiger partial charge in [0.05, 0.1) is 24.7 Å². The van der Waals surface area contributed by atoms with E-state index in [9.17, 15) is 14.7 Å². The second kappa shape index (κ2) is 6.86. The lowest BCUT2D eigenvalue weighted by molar-refractivity contribution is -0.132. The van der Waals surface area contributed by atoms with Crippen molar-refractivity contribution in [2.45, 2.75) is 18.9 Å². The molecule has 114 valence electrons. The Kier molecular flexibility index (Phi) is 5.13. The highest BCUT2D eigenvalue weighted by Gasteiger charge is 2.21. The minimum Gasteiger partial charge on any atom is -0.478 e. The Bertz CT molecular complexity index is 559. The molecule has 1 amide bonds. The number of thioether (sulfide) groups is 1. The predicted molar refractivity (Wildman–Crippen MR) is 76.6 cm³/mol. The second-order valence-electron chi connectivity index (χ2n) is 4.62. The summed E-state index contributed by atoms with van der Waals surface area (Å²) in [5.41, 5.74) is 0.483. The molecule has 0 radical (unpaired) electrons. The van der Waals surface area contributed by atoms with Crippen molar-refractivity contribution in [3.8, 4) is 0 Å². The second-order valence-corrected chi connectivity index (χ2v) is 5.59. The molecule has 7 nitrogen and oxygen atoms in total. The molecule has 2 heterocycles. The van der Waals surface area contributed by atoms with Crippen molar-refractivity contribution in [3.63, 3.8) is 0 Å². The Morgan fingerprint density at radius 2 is 1.95 bits per heavy atom. The molecule has 0 aliphatic carbocycles. The van der Waals surface area contributed by atoms with Gasteiger partial charge < -0.3 is 14.7 Å². The van der Waals surface area contributed by atoms with Gasteiger partial charge in [-0.25, -0.2) is 14.8 Å². The van der Waals surface area contributed by atoms with Crippen LogP contribution in [0.3, 0.4) is 0 Å². The number of morpholine rings is 1. The van der Waals surface area contributed by atoms with Gasteiger partial charge in [-0.3, -0.25) is 4.79 Å². The lowest BCUT2D eigenvalue weighted by Crippen LogP contribution is -2.41. The zero-order valence-corrected chi connectivity index (χ0v) is 12.8. The van der Waals surface area contributed by atoms with Gasteiger partial charge in [-0.15, -0.1) is 0 Å². The van der Waals surface area contributed by atoms with E-state index in [1.165, 1.54) is 0 Å². The molecule has 1 saturated heterocycles. The minimum atomic E-state index is -1.08. The highest BCUT2D eigenvalue weighted by Crippen LogP contribution is 2.23. The molecule has 1 fully saturated rings. The summed E-state index contributed by atoms with van der Waals surface area (Å²) in [7, 11) is 0. The maximum Gasteiger partial charge on any atom is 0.340 e. The van der Waals surface area contributed by atoms with Crippen LogP contribution in [0.25, 0.3) is 0 Å². The number of aromatic carboxylic acids is 1. The van der Waals surface area contributed by atoms with Gasteiger partial charge in [-0.1, -0.05) is 11.8 Å². The largest absolute Gasteiger partial charge is 0.478 e. The molecule has 1 aromatic heterocycles. The fourth-order valence-electron chi connectivity index (χ4n) is 2.07. The van der Waals surface area contributed by atoms with Gasteiger partial charge in [0.25, 0.3) is 0 Å².